The molecular formula is C16H30N4O. The quantitative estimate of drug-likeness (QED) is 0.798. The molecule has 1 heterocycles. The summed E-state index contributed by atoms with van der Waals surface area (Å²) < 4.78 is 5.47. The maximum atomic E-state index is 5.47. The van der Waals surface area contributed by atoms with Crippen molar-refractivity contribution in [1.82, 2.24) is 20.4 Å². The van der Waals surface area contributed by atoms with Crippen LogP contribution in [0.15, 0.2) is 4.52 Å². The minimum Gasteiger partial charge on any atom is -0.339 e. The Kier molecular flexibility index (Phi) is 6.18. The van der Waals surface area contributed by atoms with Crippen LogP contribution in [0.3, 0.4) is 0 Å². The van der Waals surface area contributed by atoms with Gasteiger partial charge in [-0.1, -0.05) is 38.3 Å². The Morgan fingerprint density at radius 3 is 2.52 bits per heavy atom. The molecule has 5 heteroatoms. The summed E-state index contributed by atoms with van der Waals surface area (Å²) in [5, 5.41) is 7.65. The van der Waals surface area contributed by atoms with Crippen molar-refractivity contribution < 1.29 is 4.52 Å². The van der Waals surface area contributed by atoms with E-state index in [1.165, 1.54) is 32.1 Å². The number of hydrogen-bond donors (Lipinski definition) is 1. The molecule has 1 saturated carbocycles. The van der Waals surface area contributed by atoms with Gasteiger partial charge in [0, 0.05) is 24.9 Å². The van der Waals surface area contributed by atoms with Crippen LogP contribution in [0.25, 0.3) is 0 Å². The molecule has 0 amide bonds. The molecule has 2 rings (SSSR count). The molecule has 1 aromatic rings. The molecular weight excluding hydrogens is 264 g/mol. The van der Waals surface area contributed by atoms with Gasteiger partial charge in [0.2, 0.25) is 5.89 Å². The highest BCUT2D eigenvalue weighted by Crippen LogP contribution is 2.30. The highest BCUT2D eigenvalue weighted by molar-refractivity contribution is 4.99. The van der Waals surface area contributed by atoms with E-state index in [4.69, 9.17) is 4.52 Å². The summed E-state index contributed by atoms with van der Waals surface area (Å²) in [6.45, 7) is 7.52. The Bertz CT molecular complexity index is 408. The number of likely N-dealkylation sites (N-methyl/N-ethyl adjacent to an activating group) is 2. The molecule has 0 radical (unpaired) electrons. The van der Waals surface area contributed by atoms with Gasteiger partial charge < -0.3 is 14.7 Å². The van der Waals surface area contributed by atoms with E-state index in [0.717, 1.165) is 44.2 Å². The van der Waals surface area contributed by atoms with Gasteiger partial charge >= 0.3 is 0 Å². The first-order valence-corrected chi connectivity index (χ1v) is 8.44. The van der Waals surface area contributed by atoms with E-state index in [9.17, 15) is 0 Å². The van der Waals surface area contributed by atoms with Crippen molar-refractivity contribution in [2.75, 3.05) is 26.7 Å². The SMILES string of the molecule is CCN(CC)CCc1noc(CC2(NC)CCCCC2)n1. The monoisotopic (exact) mass is 294 g/mol. The average Bonchev–Trinajstić information content (AvgIpc) is 2.96. The summed E-state index contributed by atoms with van der Waals surface area (Å²) in [4.78, 5) is 6.97. The van der Waals surface area contributed by atoms with Crippen LogP contribution in [0.5, 0.6) is 0 Å². The summed E-state index contributed by atoms with van der Waals surface area (Å²) in [5.41, 5.74) is 0.168. The third kappa shape index (κ3) is 4.51. The van der Waals surface area contributed by atoms with Gasteiger partial charge in [-0.25, -0.2) is 0 Å². The lowest BCUT2D eigenvalue weighted by molar-refractivity contribution is 0.221. The smallest absolute Gasteiger partial charge is 0.228 e. The number of rotatable bonds is 8. The molecule has 0 aliphatic heterocycles. The van der Waals surface area contributed by atoms with Crippen LogP contribution in [0.4, 0.5) is 0 Å². The Balaban J connectivity index is 1.90. The third-order valence-electron chi connectivity index (χ3n) is 4.89. The standard InChI is InChI=1S/C16H30N4O/c1-4-20(5-2)12-9-14-18-15(21-19-14)13-16(17-3)10-7-6-8-11-16/h17H,4-13H2,1-3H3. The van der Waals surface area contributed by atoms with Crippen molar-refractivity contribution in [3.63, 3.8) is 0 Å². The Labute approximate surface area is 128 Å². The zero-order valence-electron chi connectivity index (χ0n) is 13.8. The molecule has 21 heavy (non-hydrogen) atoms. The Hall–Kier alpha value is -0.940. The predicted octanol–water partition coefficient (Wildman–Crippen LogP) is 2.42. The second kappa shape index (κ2) is 7.90. The lowest BCUT2D eigenvalue weighted by Gasteiger charge is -2.36. The molecule has 0 atom stereocenters. The van der Waals surface area contributed by atoms with Crippen LogP contribution in [-0.4, -0.2) is 47.3 Å². The minimum absolute atomic E-state index is 0.168. The van der Waals surface area contributed by atoms with Crippen molar-refractivity contribution in [3.05, 3.63) is 11.7 Å². The Morgan fingerprint density at radius 2 is 1.90 bits per heavy atom. The molecule has 0 saturated heterocycles. The van der Waals surface area contributed by atoms with Crippen LogP contribution in [0.1, 0.15) is 57.7 Å². The van der Waals surface area contributed by atoms with Crippen LogP contribution in [0, 0.1) is 0 Å². The lowest BCUT2D eigenvalue weighted by Crippen LogP contribution is -2.46. The van der Waals surface area contributed by atoms with E-state index in [1.807, 2.05) is 0 Å². The normalized spacial score (nSPS) is 18.3. The number of nitrogens with one attached hydrogen (secondary N) is 1. The van der Waals surface area contributed by atoms with Crippen molar-refractivity contribution in [1.29, 1.82) is 0 Å². The van der Waals surface area contributed by atoms with Crippen molar-refractivity contribution in [2.24, 2.45) is 0 Å². The van der Waals surface area contributed by atoms with Gasteiger partial charge in [-0.05, 0) is 33.0 Å². The Morgan fingerprint density at radius 1 is 1.19 bits per heavy atom. The van der Waals surface area contributed by atoms with Gasteiger partial charge in [0.25, 0.3) is 0 Å². The minimum atomic E-state index is 0.168. The van der Waals surface area contributed by atoms with Crippen molar-refractivity contribution in [3.8, 4) is 0 Å². The first-order chi connectivity index (χ1) is 10.2. The topological polar surface area (TPSA) is 54.2 Å². The highest BCUT2D eigenvalue weighted by atomic mass is 16.5. The van der Waals surface area contributed by atoms with Gasteiger partial charge in [-0.15, -0.1) is 0 Å². The van der Waals surface area contributed by atoms with E-state index >= 15 is 0 Å². The molecule has 1 aliphatic carbocycles. The first kappa shape index (κ1) is 16.4. The third-order valence-corrected chi connectivity index (χ3v) is 4.89. The van der Waals surface area contributed by atoms with Crippen LogP contribution in [-0.2, 0) is 12.8 Å². The molecule has 120 valence electrons. The lowest BCUT2D eigenvalue weighted by atomic mass is 9.79. The molecule has 0 aromatic carbocycles. The second-order valence-corrected chi connectivity index (χ2v) is 6.15. The number of aromatic nitrogens is 2. The van der Waals surface area contributed by atoms with Gasteiger partial charge in [0.05, 0.1) is 0 Å². The van der Waals surface area contributed by atoms with Gasteiger partial charge in [0.15, 0.2) is 5.82 Å². The van der Waals surface area contributed by atoms with Crippen LogP contribution in [0.2, 0.25) is 0 Å². The predicted molar refractivity (Wildman–Crippen MR) is 84.4 cm³/mol. The number of nitrogens with zero attached hydrogens (tertiary/aromatic N) is 3. The van der Waals surface area contributed by atoms with Gasteiger partial charge in [-0.2, -0.15) is 4.98 Å². The van der Waals surface area contributed by atoms with Crippen LogP contribution < -0.4 is 5.32 Å². The molecule has 1 aromatic heterocycles. The van der Waals surface area contributed by atoms with E-state index in [0.29, 0.717) is 0 Å². The van der Waals surface area contributed by atoms with E-state index in [2.05, 4.69) is 41.3 Å². The molecule has 1 N–H and O–H groups in total. The van der Waals surface area contributed by atoms with Crippen molar-refractivity contribution >= 4 is 0 Å². The molecule has 1 fully saturated rings. The van der Waals surface area contributed by atoms with E-state index < -0.39 is 0 Å². The van der Waals surface area contributed by atoms with Crippen molar-refractivity contribution in [2.45, 2.75) is 64.3 Å². The molecule has 0 bridgehead atoms. The average molecular weight is 294 g/mol. The van der Waals surface area contributed by atoms with Crippen LogP contribution >= 0.6 is 0 Å². The zero-order chi connectivity index (χ0) is 15.1. The first-order valence-electron chi connectivity index (χ1n) is 8.44. The summed E-state index contributed by atoms with van der Waals surface area (Å²) in [7, 11) is 2.06. The fourth-order valence-electron chi connectivity index (χ4n) is 3.29. The summed E-state index contributed by atoms with van der Waals surface area (Å²) >= 11 is 0. The summed E-state index contributed by atoms with van der Waals surface area (Å²) in [6.07, 6.45) is 8.09. The molecule has 0 unspecified atom stereocenters. The molecule has 1 aliphatic rings. The van der Waals surface area contributed by atoms with Gasteiger partial charge in [-0.3, -0.25) is 0 Å². The number of hydrogen-bond acceptors (Lipinski definition) is 5. The van der Waals surface area contributed by atoms with E-state index in [-0.39, 0.29) is 5.54 Å². The molecule has 0 spiro atoms. The summed E-state index contributed by atoms with van der Waals surface area (Å²) in [5.74, 6) is 1.64. The highest BCUT2D eigenvalue weighted by Gasteiger charge is 2.32. The zero-order valence-corrected chi connectivity index (χ0v) is 13.8. The van der Waals surface area contributed by atoms with E-state index in [1.54, 1.807) is 0 Å². The van der Waals surface area contributed by atoms with Gasteiger partial charge in [0.1, 0.15) is 0 Å². The largest absolute Gasteiger partial charge is 0.339 e. The molecule has 5 nitrogen and oxygen atoms in total. The summed E-state index contributed by atoms with van der Waals surface area (Å²) in [6, 6.07) is 0. The second-order valence-electron chi connectivity index (χ2n) is 6.15. The fourth-order valence-corrected chi connectivity index (χ4v) is 3.29. The maximum Gasteiger partial charge on any atom is 0.228 e. The maximum absolute atomic E-state index is 5.47. The fraction of sp³-hybridized carbons (Fsp3) is 0.875.